The molecule has 7 heteroatoms. The SMILES string of the molecule is CC(=O)Oc1c2ccccc2c(OC(C)=O)c2c1cc(OC(C)=O)n2C. The van der Waals surface area contributed by atoms with Gasteiger partial charge in [0.1, 0.15) is 5.75 Å². The molecule has 0 fully saturated rings. The highest BCUT2D eigenvalue weighted by Crippen LogP contribution is 2.45. The Bertz CT molecular complexity index is 1060. The maximum absolute atomic E-state index is 11.7. The minimum atomic E-state index is -0.497. The van der Waals surface area contributed by atoms with Gasteiger partial charge in [-0.05, 0) is 0 Å². The molecule has 0 N–H and O–H groups in total. The molecule has 0 saturated carbocycles. The van der Waals surface area contributed by atoms with E-state index in [0.29, 0.717) is 33.2 Å². The second-order valence-electron chi connectivity index (χ2n) is 5.79. The summed E-state index contributed by atoms with van der Waals surface area (Å²) in [5.41, 5.74) is 0.478. The van der Waals surface area contributed by atoms with Gasteiger partial charge in [0.15, 0.2) is 5.75 Å². The minimum Gasteiger partial charge on any atom is -0.425 e. The summed E-state index contributed by atoms with van der Waals surface area (Å²) in [4.78, 5) is 34.7. The smallest absolute Gasteiger partial charge is 0.309 e. The van der Waals surface area contributed by atoms with E-state index in [4.69, 9.17) is 14.2 Å². The van der Waals surface area contributed by atoms with E-state index in [-0.39, 0.29) is 5.88 Å². The first-order chi connectivity index (χ1) is 12.3. The second-order valence-corrected chi connectivity index (χ2v) is 5.79. The number of benzene rings is 2. The predicted molar refractivity (Wildman–Crippen MR) is 94.4 cm³/mol. The average molecular weight is 355 g/mol. The molecule has 0 atom stereocenters. The quantitative estimate of drug-likeness (QED) is 0.530. The molecule has 26 heavy (non-hydrogen) atoms. The van der Waals surface area contributed by atoms with Gasteiger partial charge in [0, 0.05) is 44.7 Å². The van der Waals surface area contributed by atoms with Crippen LogP contribution in [0.2, 0.25) is 0 Å². The van der Waals surface area contributed by atoms with Gasteiger partial charge in [-0.15, -0.1) is 0 Å². The van der Waals surface area contributed by atoms with E-state index in [1.165, 1.54) is 20.8 Å². The molecule has 0 aliphatic rings. The Morgan fingerprint density at radius 3 is 1.81 bits per heavy atom. The molecule has 0 radical (unpaired) electrons. The Labute approximate surface area is 149 Å². The summed E-state index contributed by atoms with van der Waals surface area (Å²) < 4.78 is 17.7. The summed E-state index contributed by atoms with van der Waals surface area (Å²) >= 11 is 0. The number of esters is 3. The van der Waals surface area contributed by atoms with E-state index in [2.05, 4.69) is 0 Å². The van der Waals surface area contributed by atoms with Gasteiger partial charge in [0.25, 0.3) is 0 Å². The van der Waals surface area contributed by atoms with Crippen LogP contribution >= 0.6 is 0 Å². The molecule has 7 nitrogen and oxygen atoms in total. The van der Waals surface area contributed by atoms with Crippen LogP contribution < -0.4 is 14.2 Å². The highest BCUT2D eigenvalue weighted by atomic mass is 16.6. The number of carbonyl (C=O) groups is 3. The number of fused-ring (bicyclic) bond motifs is 2. The van der Waals surface area contributed by atoms with Crippen molar-refractivity contribution < 1.29 is 28.6 Å². The Morgan fingerprint density at radius 2 is 1.27 bits per heavy atom. The van der Waals surface area contributed by atoms with Crippen molar-refractivity contribution in [2.24, 2.45) is 7.05 Å². The van der Waals surface area contributed by atoms with Crippen LogP contribution in [-0.2, 0) is 21.4 Å². The molecule has 0 bridgehead atoms. The van der Waals surface area contributed by atoms with Gasteiger partial charge < -0.3 is 18.8 Å². The van der Waals surface area contributed by atoms with Crippen LogP contribution in [-0.4, -0.2) is 22.5 Å². The number of nitrogens with zero attached hydrogens (tertiary/aromatic N) is 1. The summed E-state index contributed by atoms with van der Waals surface area (Å²) in [7, 11) is 1.67. The van der Waals surface area contributed by atoms with Gasteiger partial charge >= 0.3 is 17.9 Å². The minimum absolute atomic E-state index is 0.240. The van der Waals surface area contributed by atoms with Crippen molar-refractivity contribution in [3.63, 3.8) is 0 Å². The summed E-state index contributed by atoms with van der Waals surface area (Å²) in [6, 6.07) is 8.68. The Kier molecular flexibility index (Phi) is 4.38. The van der Waals surface area contributed by atoms with Crippen molar-refractivity contribution in [2.75, 3.05) is 0 Å². The zero-order valence-electron chi connectivity index (χ0n) is 14.8. The largest absolute Gasteiger partial charge is 0.425 e. The van der Waals surface area contributed by atoms with Gasteiger partial charge in [0.05, 0.1) is 10.9 Å². The van der Waals surface area contributed by atoms with Crippen molar-refractivity contribution in [2.45, 2.75) is 20.8 Å². The lowest BCUT2D eigenvalue weighted by atomic mass is 10.0. The highest BCUT2D eigenvalue weighted by Gasteiger charge is 2.23. The standard InChI is InChI=1S/C19H17NO6/c1-10(21)24-16-9-15-17(20(16)4)19(26-12(3)23)14-8-6-5-7-13(14)18(15)25-11(2)22/h5-9H,1-4H3. The number of aromatic nitrogens is 1. The van der Waals surface area contributed by atoms with Crippen molar-refractivity contribution >= 4 is 39.6 Å². The zero-order chi connectivity index (χ0) is 19.0. The van der Waals surface area contributed by atoms with E-state index in [1.807, 2.05) is 0 Å². The lowest BCUT2D eigenvalue weighted by molar-refractivity contribution is -0.133. The molecule has 3 rings (SSSR count). The van der Waals surface area contributed by atoms with Gasteiger partial charge in [0.2, 0.25) is 5.88 Å². The zero-order valence-corrected chi connectivity index (χ0v) is 14.8. The first-order valence-corrected chi connectivity index (χ1v) is 7.89. The number of rotatable bonds is 3. The molecule has 1 aromatic heterocycles. The average Bonchev–Trinajstić information content (AvgIpc) is 2.86. The van der Waals surface area contributed by atoms with E-state index in [1.54, 1.807) is 41.9 Å². The Morgan fingerprint density at radius 1 is 0.769 bits per heavy atom. The number of ether oxygens (including phenoxy) is 3. The van der Waals surface area contributed by atoms with Crippen molar-refractivity contribution in [1.29, 1.82) is 0 Å². The van der Waals surface area contributed by atoms with E-state index in [0.717, 1.165) is 0 Å². The lowest BCUT2D eigenvalue weighted by Crippen LogP contribution is -2.07. The number of hydrogen-bond acceptors (Lipinski definition) is 6. The molecule has 2 aromatic carbocycles. The fraction of sp³-hybridized carbons (Fsp3) is 0.211. The molecule has 1 heterocycles. The summed E-state index contributed by atoms with van der Waals surface area (Å²) in [5, 5.41) is 1.70. The first kappa shape index (κ1) is 17.5. The van der Waals surface area contributed by atoms with E-state index >= 15 is 0 Å². The van der Waals surface area contributed by atoms with Crippen LogP contribution in [0.5, 0.6) is 17.4 Å². The number of carbonyl (C=O) groups excluding carboxylic acids is 3. The van der Waals surface area contributed by atoms with Crippen molar-refractivity contribution in [3.05, 3.63) is 30.3 Å². The fourth-order valence-corrected chi connectivity index (χ4v) is 2.92. The molecule has 0 spiro atoms. The lowest BCUT2D eigenvalue weighted by Gasteiger charge is -2.14. The molecule has 0 amide bonds. The van der Waals surface area contributed by atoms with Crippen LogP contribution in [0.25, 0.3) is 21.7 Å². The van der Waals surface area contributed by atoms with Gasteiger partial charge in [-0.25, -0.2) is 0 Å². The number of hydrogen-bond donors (Lipinski definition) is 0. The van der Waals surface area contributed by atoms with Crippen LogP contribution in [0, 0.1) is 0 Å². The molecule has 3 aromatic rings. The Balaban J connectivity index is 2.48. The predicted octanol–water partition coefficient (Wildman–Crippen LogP) is 3.11. The molecule has 0 aliphatic carbocycles. The molecule has 0 saturated heterocycles. The van der Waals surface area contributed by atoms with Gasteiger partial charge in [-0.2, -0.15) is 0 Å². The van der Waals surface area contributed by atoms with Crippen molar-refractivity contribution in [1.82, 2.24) is 4.57 Å². The summed E-state index contributed by atoms with van der Waals surface area (Å²) in [6.45, 7) is 3.89. The topological polar surface area (TPSA) is 83.8 Å². The first-order valence-electron chi connectivity index (χ1n) is 7.89. The molecular weight excluding hydrogens is 338 g/mol. The third-order valence-electron chi connectivity index (χ3n) is 3.80. The normalized spacial score (nSPS) is 10.8. The maximum atomic E-state index is 11.7. The molecular formula is C19H17NO6. The van der Waals surface area contributed by atoms with Crippen molar-refractivity contribution in [3.8, 4) is 17.4 Å². The number of aryl methyl sites for hydroxylation is 1. The van der Waals surface area contributed by atoms with Gasteiger partial charge in [-0.3, -0.25) is 14.4 Å². The Hall–Kier alpha value is -3.35. The summed E-state index contributed by atoms with van der Waals surface area (Å²) in [6.07, 6.45) is 0. The third kappa shape index (κ3) is 2.99. The van der Waals surface area contributed by atoms with Gasteiger partial charge in [-0.1, -0.05) is 24.3 Å². The summed E-state index contributed by atoms with van der Waals surface area (Å²) in [5.74, 6) is -0.623. The van der Waals surface area contributed by atoms with Crippen LogP contribution in [0.1, 0.15) is 20.8 Å². The van der Waals surface area contributed by atoms with E-state index < -0.39 is 17.9 Å². The van der Waals surface area contributed by atoms with Crippen LogP contribution in [0.4, 0.5) is 0 Å². The van der Waals surface area contributed by atoms with E-state index in [9.17, 15) is 14.4 Å². The molecule has 0 unspecified atom stereocenters. The fourth-order valence-electron chi connectivity index (χ4n) is 2.92. The third-order valence-corrected chi connectivity index (χ3v) is 3.80. The highest BCUT2D eigenvalue weighted by molar-refractivity contribution is 6.12. The van der Waals surface area contributed by atoms with Crippen LogP contribution in [0.15, 0.2) is 30.3 Å². The second kappa shape index (κ2) is 6.51. The molecule has 0 aliphatic heterocycles. The maximum Gasteiger partial charge on any atom is 0.309 e. The molecule has 134 valence electrons. The monoisotopic (exact) mass is 355 g/mol. The van der Waals surface area contributed by atoms with Crippen LogP contribution in [0.3, 0.4) is 0 Å².